The van der Waals surface area contributed by atoms with Gasteiger partial charge in [0, 0.05) is 18.9 Å². The van der Waals surface area contributed by atoms with Crippen LogP contribution in [0.3, 0.4) is 0 Å². The molecule has 3 rings (SSSR count). The van der Waals surface area contributed by atoms with E-state index in [9.17, 15) is 0 Å². The van der Waals surface area contributed by atoms with Crippen LogP contribution in [-0.2, 0) is 6.42 Å². The van der Waals surface area contributed by atoms with E-state index in [1.165, 1.54) is 5.56 Å². The van der Waals surface area contributed by atoms with E-state index in [4.69, 9.17) is 9.47 Å². The van der Waals surface area contributed by atoms with Crippen LogP contribution < -0.4 is 14.8 Å². The third-order valence-corrected chi connectivity index (χ3v) is 3.89. The maximum absolute atomic E-state index is 5.34. The summed E-state index contributed by atoms with van der Waals surface area (Å²) in [6.45, 7) is 2.82. The van der Waals surface area contributed by atoms with Crippen molar-refractivity contribution >= 4 is 11.3 Å². The monoisotopic (exact) mass is 326 g/mol. The molecular weight excluding hydrogens is 304 g/mol. The zero-order chi connectivity index (χ0) is 16.9. The second-order valence-corrected chi connectivity index (χ2v) is 5.61. The van der Waals surface area contributed by atoms with E-state index in [-0.39, 0.29) is 0 Å². The molecule has 0 saturated heterocycles. The molecule has 0 unspecified atom stereocenters. The van der Waals surface area contributed by atoms with Crippen molar-refractivity contribution in [3.05, 3.63) is 47.9 Å². The number of benzene rings is 1. The lowest BCUT2D eigenvalue weighted by molar-refractivity contribution is 0.354. The molecule has 0 aliphatic rings. The molecule has 0 aliphatic heterocycles. The van der Waals surface area contributed by atoms with Crippen molar-refractivity contribution in [3.8, 4) is 11.5 Å². The second kappa shape index (κ2) is 7.21. The summed E-state index contributed by atoms with van der Waals surface area (Å²) >= 11 is 0. The van der Waals surface area contributed by atoms with E-state index in [0.717, 1.165) is 47.9 Å². The van der Waals surface area contributed by atoms with Crippen molar-refractivity contribution in [1.29, 1.82) is 0 Å². The highest BCUT2D eigenvalue weighted by atomic mass is 16.5. The smallest absolute Gasteiger partial charge is 0.160 e. The summed E-state index contributed by atoms with van der Waals surface area (Å²) in [7, 11) is 3.30. The van der Waals surface area contributed by atoms with Gasteiger partial charge in [-0.05, 0) is 43.5 Å². The van der Waals surface area contributed by atoms with E-state index in [1.54, 1.807) is 20.4 Å². The quantitative estimate of drug-likeness (QED) is 0.676. The third-order valence-electron chi connectivity index (χ3n) is 3.89. The molecule has 0 spiro atoms. The highest BCUT2D eigenvalue weighted by Gasteiger charge is 2.06. The van der Waals surface area contributed by atoms with Gasteiger partial charge in [-0.25, -0.2) is 9.50 Å². The molecule has 1 aromatic carbocycles. The van der Waals surface area contributed by atoms with Crippen molar-refractivity contribution in [2.24, 2.45) is 0 Å². The van der Waals surface area contributed by atoms with Gasteiger partial charge >= 0.3 is 0 Å². The minimum absolute atomic E-state index is 0.756. The van der Waals surface area contributed by atoms with Gasteiger partial charge in [-0.2, -0.15) is 5.10 Å². The Morgan fingerprint density at radius 1 is 1.12 bits per heavy atom. The summed E-state index contributed by atoms with van der Waals surface area (Å²) in [5, 5.41) is 7.79. The van der Waals surface area contributed by atoms with Crippen LogP contribution in [0.5, 0.6) is 11.5 Å². The lowest BCUT2D eigenvalue weighted by atomic mass is 10.1. The summed E-state index contributed by atoms with van der Waals surface area (Å²) in [5.74, 6) is 2.39. The minimum Gasteiger partial charge on any atom is -0.493 e. The molecule has 0 bridgehead atoms. The number of nitrogens with zero attached hydrogens (tertiary/aromatic N) is 3. The molecule has 1 N–H and O–H groups in total. The number of hydrogen-bond donors (Lipinski definition) is 1. The van der Waals surface area contributed by atoms with E-state index in [0.29, 0.717) is 0 Å². The first-order valence-electron chi connectivity index (χ1n) is 7.97. The fourth-order valence-electron chi connectivity index (χ4n) is 2.72. The number of aromatic nitrogens is 3. The number of hydrogen-bond acceptors (Lipinski definition) is 5. The lowest BCUT2D eigenvalue weighted by Crippen LogP contribution is -2.06. The highest BCUT2D eigenvalue weighted by Crippen LogP contribution is 2.28. The molecule has 24 heavy (non-hydrogen) atoms. The van der Waals surface area contributed by atoms with Crippen LogP contribution in [0, 0.1) is 6.92 Å². The van der Waals surface area contributed by atoms with Gasteiger partial charge < -0.3 is 14.8 Å². The number of fused-ring (bicyclic) bond motifs is 1. The Balaban J connectivity index is 1.59. The first-order valence-corrected chi connectivity index (χ1v) is 7.97. The molecule has 0 atom stereocenters. The van der Waals surface area contributed by atoms with Gasteiger partial charge in [0.1, 0.15) is 5.52 Å². The molecule has 126 valence electrons. The summed E-state index contributed by atoms with van der Waals surface area (Å²) in [6.07, 6.45) is 5.56. The van der Waals surface area contributed by atoms with E-state index >= 15 is 0 Å². The maximum atomic E-state index is 5.34. The van der Waals surface area contributed by atoms with Crippen molar-refractivity contribution in [1.82, 2.24) is 14.6 Å². The first kappa shape index (κ1) is 16.1. The number of anilines is 1. The van der Waals surface area contributed by atoms with Crippen molar-refractivity contribution < 1.29 is 9.47 Å². The van der Waals surface area contributed by atoms with Gasteiger partial charge in [-0.15, -0.1) is 0 Å². The Kier molecular flexibility index (Phi) is 4.84. The highest BCUT2D eigenvalue weighted by molar-refractivity contribution is 5.67. The van der Waals surface area contributed by atoms with Crippen molar-refractivity contribution in [2.75, 3.05) is 26.1 Å². The van der Waals surface area contributed by atoms with E-state index < -0.39 is 0 Å². The topological polar surface area (TPSA) is 60.7 Å². The summed E-state index contributed by atoms with van der Waals surface area (Å²) in [5.41, 5.74) is 3.21. The van der Waals surface area contributed by atoms with Crippen LogP contribution in [0.25, 0.3) is 5.52 Å². The van der Waals surface area contributed by atoms with Gasteiger partial charge in [-0.1, -0.05) is 6.07 Å². The molecule has 2 aromatic heterocycles. The Morgan fingerprint density at radius 2 is 1.96 bits per heavy atom. The second-order valence-electron chi connectivity index (χ2n) is 5.61. The van der Waals surface area contributed by atoms with E-state index in [2.05, 4.69) is 21.5 Å². The predicted molar refractivity (Wildman–Crippen MR) is 94.1 cm³/mol. The summed E-state index contributed by atoms with van der Waals surface area (Å²) in [6, 6.07) is 8.07. The molecule has 3 aromatic rings. The van der Waals surface area contributed by atoms with Crippen LogP contribution in [0.2, 0.25) is 0 Å². The number of aryl methyl sites for hydroxylation is 2. The van der Waals surface area contributed by atoms with Gasteiger partial charge in [-0.3, -0.25) is 0 Å². The zero-order valence-electron chi connectivity index (χ0n) is 14.2. The van der Waals surface area contributed by atoms with Gasteiger partial charge in [0.25, 0.3) is 0 Å². The molecule has 2 heterocycles. The molecule has 0 amide bonds. The summed E-state index contributed by atoms with van der Waals surface area (Å²) in [4.78, 5) is 4.41. The molecule has 0 saturated carbocycles. The fraction of sp³-hybridized carbons (Fsp3) is 0.333. The van der Waals surface area contributed by atoms with Gasteiger partial charge in [0.15, 0.2) is 17.3 Å². The SMILES string of the molecule is COc1ccc(CCCNc2nccn3nc(C)cc23)cc1OC. The summed E-state index contributed by atoms with van der Waals surface area (Å²) < 4.78 is 12.5. The Hall–Kier alpha value is -2.76. The normalized spacial score (nSPS) is 10.8. The molecule has 0 aliphatic carbocycles. The Labute approximate surface area is 141 Å². The van der Waals surface area contributed by atoms with Crippen molar-refractivity contribution in [3.63, 3.8) is 0 Å². The van der Waals surface area contributed by atoms with Crippen LogP contribution in [-0.4, -0.2) is 35.4 Å². The van der Waals surface area contributed by atoms with E-state index in [1.807, 2.05) is 35.8 Å². The number of nitrogens with one attached hydrogen (secondary N) is 1. The molecule has 0 radical (unpaired) electrons. The van der Waals surface area contributed by atoms with Crippen molar-refractivity contribution in [2.45, 2.75) is 19.8 Å². The number of ether oxygens (including phenoxy) is 2. The van der Waals surface area contributed by atoms with Crippen LogP contribution in [0.4, 0.5) is 5.82 Å². The maximum Gasteiger partial charge on any atom is 0.160 e. The molecule has 6 nitrogen and oxygen atoms in total. The van der Waals surface area contributed by atoms with Crippen LogP contribution in [0.15, 0.2) is 36.7 Å². The van der Waals surface area contributed by atoms with Crippen LogP contribution >= 0.6 is 0 Å². The lowest BCUT2D eigenvalue weighted by Gasteiger charge is -2.10. The molecular formula is C18H22N4O2. The fourth-order valence-corrected chi connectivity index (χ4v) is 2.72. The Bertz CT molecular complexity index is 829. The standard InChI is InChI=1S/C18H22N4O2/c1-13-11-15-18(20-9-10-22(15)21-13)19-8-4-5-14-6-7-16(23-2)17(12-14)24-3/h6-7,9-12H,4-5,8H2,1-3H3,(H,19,20). The average molecular weight is 326 g/mol. The largest absolute Gasteiger partial charge is 0.493 e. The van der Waals surface area contributed by atoms with Gasteiger partial charge in [0.2, 0.25) is 0 Å². The number of methoxy groups -OCH3 is 2. The average Bonchev–Trinajstić information content (AvgIpc) is 2.99. The zero-order valence-corrected chi connectivity index (χ0v) is 14.2. The minimum atomic E-state index is 0.756. The molecule has 0 fully saturated rings. The molecule has 6 heteroatoms. The Morgan fingerprint density at radius 3 is 2.75 bits per heavy atom. The third kappa shape index (κ3) is 3.42. The predicted octanol–water partition coefficient (Wildman–Crippen LogP) is 3.10. The van der Waals surface area contributed by atoms with Gasteiger partial charge in [0.05, 0.1) is 19.9 Å². The first-order chi connectivity index (χ1) is 11.7. The van der Waals surface area contributed by atoms with Crippen LogP contribution in [0.1, 0.15) is 17.7 Å². The number of rotatable bonds is 7.